The van der Waals surface area contributed by atoms with E-state index in [-0.39, 0.29) is 0 Å². The van der Waals surface area contributed by atoms with Crippen LogP contribution in [-0.2, 0) is 0 Å². The van der Waals surface area contributed by atoms with Crippen molar-refractivity contribution in [3.05, 3.63) is 35.2 Å². The van der Waals surface area contributed by atoms with Gasteiger partial charge in [0.15, 0.2) is 0 Å². The fourth-order valence-electron chi connectivity index (χ4n) is 2.45. The van der Waals surface area contributed by atoms with E-state index in [1.807, 2.05) is 11.3 Å². The lowest BCUT2D eigenvalue weighted by atomic mass is 9.98. The van der Waals surface area contributed by atoms with Crippen molar-refractivity contribution in [3.8, 4) is 0 Å². The van der Waals surface area contributed by atoms with Crippen LogP contribution in [0.25, 0.3) is 10.1 Å². The summed E-state index contributed by atoms with van der Waals surface area (Å²) in [7, 11) is 2.08. The molecule has 0 fully saturated rings. The van der Waals surface area contributed by atoms with Gasteiger partial charge < -0.3 is 5.32 Å². The number of hydrogen-bond donors (Lipinski definition) is 1. The van der Waals surface area contributed by atoms with Crippen molar-refractivity contribution >= 4 is 21.4 Å². The van der Waals surface area contributed by atoms with Crippen molar-refractivity contribution in [2.45, 2.75) is 39.2 Å². The van der Waals surface area contributed by atoms with Crippen molar-refractivity contribution in [1.29, 1.82) is 0 Å². The first-order valence-corrected chi connectivity index (χ1v) is 7.73. The quantitative estimate of drug-likeness (QED) is 0.772. The zero-order valence-electron chi connectivity index (χ0n) is 11.6. The van der Waals surface area contributed by atoms with Gasteiger partial charge in [-0.15, -0.1) is 11.3 Å². The molecule has 0 aliphatic heterocycles. The molecule has 2 heteroatoms. The Labute approximate surface area is 114 Å². The van der Waals surface area contributed by atoms with Crippen LogP contribution in [0.5, 0.6) is 0 Å². The van der Waals surface area contributed by atoms with E-state index in [1.54, 1.807) is 0 Å². The molecule has 2 rings (SSSR count). The van der Waals surface area contributed by atoms with E-state index in [2.05, 4.69) is 55.9 Å². The van der Waals surface area contributed by atoms with Gasteiger partial charge in [-0.25, -0.2) is 0 Å². The highest BCUT2D eigenvalue weighted by Crippen LogP contribution is 2.32. The Bertz CT molecular complexity index is 487. The zero-order chi connectivity index (χ0) is 13.0. The van der Waals surface area contributed by atoms with Crippen LogP contribution >= 0.6 is 11.3 Å². The lowest BCUT2D eigenvalue weighted by Crippen LogP contribution is -2.16. The summed E-state index contributed by atoms with van der Waals surface area (Å²) in [5, 5.41) is 7.22. The average molecular weight is 261 g/mol. The third-order valence-electron chi connectivity index (χ3n) is 3.51. The number of hydrogen-bond acceptors (Lipinski definition) is 2. The van der Waals surface area contributed by atoms with E-state index in [9.17, 15) is 0 Å². The largest absolute Gasteiger partial charge is 0.313 e. The van der Waals surface area contributed by atoms with Gasteiger partial charge in [-0.3, -0.25) is 0 Å². The van der Waals surface area contributed by atoms with E-state index in [1.165, 1.54) is 34.9 Å². The first kappa shape index (κ1) is 13.6. The highest BCUT2D eigenvalue weighted by atomic mass is 32.1. The minimum atomic E-state index is 0.500. The molecule has 0 spiro atoms. The minimum absolute atomic E-state index is 0.500. The van der Waals surface area contributed by atoms with Gasteiger partial charge in [-0.2, -0.15) is 0 Å². The zero-order valence-corrected chi connectivity index (χ0v) is 12.4. The van der Waals surface area contributed by atoms with Gasteiger partial charge in [0.2, 0.25) is 0 Å². The Morgan fingerprint density at radius 2 is 1.94 bits per heavy atom. The fourth-order valence-corrected chi connectivity index (χ4v) is 3.47. The summed E-state index contributed by atoms with van der Waals surface area (Å²) in [6, 6.07) is 9.22. The summed E-state index contributed by atoms with van der Waals surface area (Å²) in [6.45, 7) is 4.60. The molecule has 0 radical (unpaired) electrons. The van der Waals surface area contributed by atoms with E-state index < -0.39 is 0 Å². The van der Waals surface area contributed by atoms with Crippen LogP contribution in [0.15, 0.2) is 29.6 Å². The summed E-state index contributed by atoms with van der Waals surface area (Å²) in [6.07, 6.45) is 3.85. The number of thiophene rings is 1. The Morgan fingerprint density at radius 3 is 2.67 bits per heavy atom. The van der Waals surface area contributed by atoms with E-state index in [4.69, 9.17) is 0 Å². The molecule has 2 aromatic rings. The molecule has 1 nitrogen and oxygen atoms in total. The second kappa shape index (κ2) is 6.35. The first-order valence-electron chi connectivity index (χ1n) is 6.85. The van der Waals surface area contributed by atoms with Crippen molar-refractivity contribution in [2.75, 3.05) is 7.05 Å². The molecule has 0 saturated heterocycles. The average Bonchev–Trinajstić information content (AvgIpc) is 2.78. The van der Waals surface area contributed by atoms with E-state index in [0.29, 0.717) is 6.04 Å². The predicted octanol–water partition coefficient (Wildman–Crippen LogP) is 4.99. The van der Waals surface area contributed by atoms with Crippen molar-refractivity contribution in [3.63, 3.8) is 0 Å². The molecule has 0 amide bonds. The summed E-state index contributed by atoms with van der Waals surface area (Å²) >= 11 is 1.86. The van der Waals surface area contributed by atoms with E-state index in [0.717, 1.165) is 5.92 Å². The van der Waals surface area contributed by atoms with Gasteiger partial charge in [-0.05, 0) is 41.8 Å². The molecule has 1 heterocycles. The van der Waals surface area contributed by atoms with Crippen LogP contribution in [-0.4, -0.2) is 7.05 Å². The minimum Gasteiger partial charge on any atom is -0.313 e. The normalized spacial score (nSPS) is 13.3. The third-order valence-corrected chi connectivity index (χ3v) is 4.49. The van der Waals surface area contributed by atoms with Crippen LogP contribution in [0.1, 0.15) is 44.7 Å². The SMILES string of the molecule is CNC(CCCC(C)C)c1csc2ccccc12. The number of fused-ring (bicyclic) bond motifs is 1. The molecule has 1 aromatic heterocycles. The number of benzene rings is 1. The van der Waals surface area contributed by atoms with Crippen molar-refractivity contribution in [1.82, 2.24) is 5.32 Å². The van der Waals surface area contributed by atoms with Crippen LogP contribution in [0.3, 0.4) is 0 Å². The number of nitrogens with one attached hydrogen (secondary N) is 1. The molecule has 0 aliphatic rings. The Morgan fingerprint density at radius 1 is 1.17 bits per heavy atom. The van der Waals surface area contributed by atoms with Gasteiger partial charge in [0, 0.05) is 10.7 Å². The van der Waals surface area contributed by atoms with Gasteiger partial charge in [0.25, 0.3) is 0 Å². The standard InChI is InChI=1S/C16H23NS/c1-12(2)7-6-9-15(17-3)14-11-18-16-10-5-4-8-13(14)16/h4-5,8,10-12,15,17H,6-7,9H2,1-3H3. The highest BCUT2D eigenvalue weighted by Gasteiger charge is 2.13. The Balaban J connectivity index is 2.12. The van der Waals surface area contributed by atoms with Crippen LogP contribution in [0.4, 0.5) is 0 Å². The predicted molar refractivity (Wildman–Crippen MR) is 82.3 cm³/mol. The van der Waals surface area contributed by atoms with E-state index >= 15 is 0 Å². The van der Waals surface area contributed by atoms with Gasteiger partial charge in [-0.1, -0.05) is 44.9 Å². The molecule has 1 atom stereocenters. The molecule has 0 bridgehead atoms. The summed E-state index contributed by atoms with van der Waals surface area (Å²) in [5.41, 5.74) is 1.47. The molecule has 1 N–H and O–H groups in total. The maximum absolute atomic E-state index is 3.48. The topological polar surface area (TPSA) is 12.0 Å². The molecular weight excluding hydrogens is 238 g/mol. The van der Waals surface area contributed by atoms with Crippen LogP contribution in [0, 0.1) is 5.92 Å². The lowest BCUT2D eigenvalue weighted by Gasteiger charge is -2.16. The summed E-state index contributed by atoms with van der Waals surface area (Å²) < 4.78 is 1.40. The second-order valence-electron chi connectivity index (χ2n) is 5.35. The summed E-state index contributed by atoms with van der Waals surface area (Å²) in [4.78, 5) is 0. The highest BCUT2D eigenvalue weighted by molar-refractivity contribution is 7.17. The Kier molecular flexibility index (Phi) is 4.79. The maximum atomic E-state index is 3.48. The molecule has 1 unspecified atom stereocenters. The Hall–Kier alpha value is -0.860. The van der Waals surface area contributed by atoms with Gasteiger partial charge in [0.05, 0.1) is 0 Å². The van der Waals surface area contributed by atoms with Crippen LogP contribution in [0.2, 0.25) is 0 Å². The first-order chi connectivity index (χ1) is 8.72. The molecule has 18 heavy (non-hydrogen) atoms. The smallest absolute Gasteiger partial charge is 0.0346 e. The fraction of sp³-hybridized carbons (Fsp3) is 0.500. The molecule has 98 valence electrons. The van der Waals surface area contributed by atoms with Gasteiger partial charge in [0.1, 0.15) is 0 Å². The van der Waals surface area contributed by atoms with Crippen molar-refractivity contribution in [2.24, 2.45) is 5.92 Å². The number of rotatable bonds is 6. The maximum Gasteiger partial charge on any atom is 0.0346 e. The van der Waals surface area contributed by atoms with Crippen LogP contribution < -0.4 is 5.32 Å². The summed E-state index contributed by atoms with van der Waals surface area (Å²) in [5.74, 6) is 0.807. The molecule has 0 saturated carbocycles. The monoisotopic (exact) mass is 261 g/mol. The van der Waals surface area contributed by atoms with Gasteiger partial charge >= 0.3 is 0 Å². The third kappa shape index (κ3) is 3.12. The molecular formula is C16H23NS. The molecule has 1 aromatic carbocycles. The second-order valence-corrected chi connectivity index (χ2v) is 6.26. The molecule has 0 aliphatic carbocycles. The lowest BCUT2D eigenvalue weighted by molar-refractivity contribution is 0.473. The van der Waals surface area contributed by atoms with Crippen molar-refractivity contribution < 1.29 is 0 Å².